The molecule has 1 aromatic rings. The second kappa shape index (κ2) is 5.54. The number of nitrogens with zero attached hydrogens (tertiary/aromatic N) is 3. The highest BCUT2D eigenvalue weighted by molar-refractivity contribution is 5.74. The zero-order valence-corrected chi connectivity index (χ0v) is 10.6. The lowest BCUT2D eigenvalue weighted by Gasteiger charge is -2.24. The van der Waals surface area contributed by atoms with Gasteiger partial charge in [-0.3, -0.25) is 0 Å². The molecule has 2 amide bonds. The zero-order valence-electron chi connectivity index (χ0n) is 10.6. The quantitative estimate of drug-likeness (QED) is 0.799. The highest BCUT2D eigenvalue weighted by Crippen LogP contribution is 2.12. The van der Waals surface area contributed by atoms with E-state index in [4.69, 9.17) is 5.26 Å². The predicted molar refractivity (Wildman–Crippen MR) is 68.8 cm³/mol. The standard InChI is InChI=1S/C14H17N3O/c1-16(14(18)17-7-2-3-8-17)11-13-6-4-5-12(9-13)10-15/h4-6,9H,2-3,7-8,11H2,1H3. The van der Waals surface area contributed by atoms with Gasteiger partial charge in [-0.25, -0.2) is 4.79 Å². The molecule has 0 unspecified atom stereocenters. The minimum Gasteiger partial charge on any atom is -0.325 e. The number of benzene rings is 1. The molecule has 1 heterocycles. The second-order valence-electron chi connectivity index (χ2n) is 4.64. The maximum Gasteiger partial charge on any atom is 0.320 e. The first kappa shape index (κ1) is 12.4. The molecule has 0 radical (unpaired) electrons. The molecule has 0 spiro atoms. The number of carbonyl (C=O) groups is 1. The Balaban J connectivity index is 1.99. The van der Waals surface area contributed by atoms with Crippen molar-refractivity contribution in [1.29, 1.82) is 5.26 Å². The number of amides is 2. The van der Waals surface area contributed by atoms with Crippen molar-refractivity contribution < 1.29 is 4.79 Å². The van der Waals surface area contributed by atoms with Gasteiger partial charge in [-0.05, 0) is 30.5 Å². The van der Waals surface area contributed by atoms with Crippen molar-refractivity contribution in [2.75, 3.05) is 20.1 Å². The van der Waals surface area contributed by atoms with Gasteiger partial charge in [-0.2, -0.15) is 5.26 Å². The van der Waals surface area contributed by atoms with Crippen LogP contribution in [0.5, 0.6) is 0 Å². The molecule has 0 aromatic heterocycles. The largest absolute Gasteiger partial charge is 0.325 e. The SMILES string of the molecule is CN(Cc1cccc(C#N)c1)C(=O)N1CCCC1. The second-order valence-corrected chi connectivity index (χ2v) is 4.64. The first-order valence-corrected chi connectivity index (χ1v) is 6.20. The summed E-state index contributed by atoms with van der Waals surface area (Å²) in [5.74, 6) is 0. The predicted octanol–water partition coefficient (Wildman–Crippen LogP) is 2.21. The lowest BCUT2D eigenvalue weighted by molar-refractivity contribution is 0.171. The van der Waals surface area contributed by atoms with Gasteiger partial charge in [0.1, 0.15) is 0 Å². The number of nitriles is 1. The third-order valence-corrected chi connectivity index (χ3v) is 3.18. The summed E-state index contributed by atoms with van der Waals surface area (Å²) in [4.78, 5) is 15.7. The lowest BCUT2D eigenvalue weighted by Crippen LogP contribution is -2.38. The van der Waals surface area contributed by atoms with Gasteiger partial charge in [0.05, 0.1) is 11.6 Å². The number of hydrogen-bond donors (Lipinski definition) is 0. The molecule has 0 atom stereocenters. The summed E-state index contributed by atoms with van der Waals surface area (Å²) in [6.45, 7) is 2.27. The maximum absolute atomic E-state index is 12.1. The third kappa shape index (κ3) is 2.80. The average molecular weight is 243 g/mol. The van der Waals surface area contributed by atoms with E-state index >= 15 is 0 Å². The van der Waals surface area contributed by atoms with Crippen LogP contribution in [0.3, 0.4) is 0 Å². The van der Waals surface area contributed by atoms with Crippen LogP contribution in [0.4, 0.5) is 4.79 Å². The fourth-order valence-corrected chi connectivity index (χ4v) is 2.23. The van der Waals surface area contributed by atoms with Gasteiger partial charge in [-0.1, -0.05) is 12.1 Å². The molecule has 0 N–H and O–H groups in total. The fourth-order valence-electron chi connectivity index (χ4n) is 2.23. The van der Waals surface area contributed by atoms with Crippen LogP contribution >= 0.6 is 0 Å². The van der Waals surface area contributed by atoms with E-state index in [1.165, 1.54) is 0 Å². The van der Waals surface area contributed by atoms with Crippen LogP contribution in [0.25, 0.3) is 0 Å². The average Bonchev–Trinajstić information content (AvgIpc) is 2.92. The summed E-state index contributed by atoms with van der Waals surface area (Å²) in [5.41, 5.74) is 1.62. The Labute approximate surface area is 107 Å². The van der Waals surface area contributed by atoms with Gasteiger partial charge in [0.15, 0.2) is 0 Å². The van der Waals surface area contributed by atoms with Crippen molar-refractivity contribution in [1.82, 2.24) is 9.80 Å². The fraction of sp³-hybridized carbons (Fsp3) is 0.429. The summed E-state index contributed by atoms with van der Waals surface area (Å²) in [5, 5.41) is 8.84. The molecule has 4 heteroatoms. The van der Waals surface area contributed by atoms with Gasteiger partial charge in [0, 0.05) is 26.7 Å². The molecule has 1 aliphatic heterocycles. The number of carbonyl (C=O) groups excluding carboxylic acids is 1. The van der Waals surface area contributed by atoms with E-state index < -0.39 is 0 Å². The number of rotatable bonds is 2. The van der Waals surface area contributed by atoms with Gasteiger partial charge in [0.25, 0.3) is 0 Å². The van der Waals surface area contributed by atoms with E-state index in [-0.39, 0.29) is 6.03 Å². The molecule has 94 valence electrons. The van der Waals surface area contributed by atoms with Crippen molar-refractivity contribution in [2.45, 2.75) is 19.4 Å². The number of hydrogen-bond acceptors (Lipinski definition) is 2. The molecular formula is C14H17N3O. The Morgan fingerprint density at radius 2 is 2.17 bits per heavy atom. The molecule has 18 heavy (non-hydrogen) atoms. The minimum atomic E-state index is 0.0786. The van der Waals surface area contributed by atoms with E-state index in [2.05, 4.69) is 6.07 Å². The molecular weight excluding hydrogens is 226 g/mol. The molecule has 0 saturated carbocycles. The van der Waals surface area contributed by atoms with Crippen molar-refractivity contribution >= 4 is 6.03 Å². The third-order valence-electron chi connectivity index (χ3n) is 3.18. The Hall–Kier alpha value is -2.02. The van der Waals surface area contributed by atoms with Crippen molar-refractivity contribution in [3.8, 4) is 6.07 Å². The Morgan fingerprint density at radius 1 is 1.44 bits per heavy atom. The number of urea groups is 1. The van der Waals surface area contributed by atoms with Crippen molar-refractivity contribution in [3.63, 3.8) is 0 Å². The minimum absolute atomic E-state index is 0.0786. The Kier molecular flexibility index (Phi) is 3.83. The molecule has 4 nitrogen and oxygen atoms in total. The molecule has 1 aromatic carbocycles. The van der Waals surface area contributed by atoms with Crippen LogP contribution in [-0.4, -0.2) is 36.0 Å². The topological polar surface area (TPSA) is 47.3 Å². The van der Waals surface area contributed by atoms with Gasteiger partial charge < -0.3 is 9.80 Å². The zero-order chi connectivity index (χ0) is 13.0. The summed E-state index contributed by atoms with van der Waals surface area (Å²) in [6.07, 6.45) is 2.20. The highest BCUT2D eigenvalue weighted by atomic mass is 16.2. The van der Waals surface area contributed by atoms with Crippen molar-refractivity contribution in [2.24, 2.45) is 0 Å². The Bertz CT molecular complexity index is 472. The molecule has 2 rings (SSSR count). The molecule has 1 saturated heterocycles. The molecule has 1 aliphatic rings. The summed E-state index contributed by atoms with van der Waals surface area (Å²) in [6, 6.07) is 9.57. The van der Waals surface area contributed by atoms with Gasteiger partial charge in [0.2, 0.25) is 0 Å². The van der Waals surface area contributed by atoms with Gasteiger partial charge in [-0.15, -0.1) is 0 Å². The normalized spacial score (nSPS) is 14.3. The smallest absolute Gasteiger partial charge is 0.320 e. The molecule has 0 aliphatic carbocycles. The first-order valence-electron chi connectivity index (χ1n) is 6.20. The maximum atomic E-state index is 12.1. The van der Waals surface area contributed by atoms with Crippen LogP contribution in [-0.2, 0) is 6.54 Å². The first-order chi connectivity index (χ1) is 8.70. The van der Waals surface area contributed by atoms with Crippen molar-refractivity contribution in [3.05, 3.63) is 35.4 Å². The summed E-state index contributed by atoms with van der Waals surface area (Å²) >= 11 is 0. The van der Waals surface area contributed by atoms with E-state index in [9.17, 15) is 4.79 Å². The van der Waals surface area contributed by atoms with Crippen LogP contribution < -0.4 is 0 Å². The van der Waals surface area contributed by atoms with Crippen LogP contribution in [0.15, 0.2) is 24.3 Å². The monoisotopic (exact) mass is 243 g/mol. The van der Waals surface area contributed by atoms with Crippen LogP contribution in [0, 0.1) is 11.3 Å². The number of likely N-dealkylation sites (tertiary alicyclic amines) is 1. The summed E-state index contributed by atoms with van der Waals surface area (Å²) in [7, 11) is 1.81. The van der Waals surface area contributed by atoms with Crippen LogP contribution in [0.2, 0.25) is 0 Å². The highest BCUT2D eigenvalue weighted by Gasteiger charge is 2.21. The van der Waals surface area contributed by atoms with Gasteiger partial charge >= 0.3 is 6.03 Å². The van der Waals surface area contributed by atoms with E-state index in [0.717, 1.165) is 31.5 Å². The van der Waals surface area contributed by atoms with E-state index in [0.29, 0.717) is 12.1 Å². The van der Waals surface area contributed by atoms with E-state index in [1.807, 2.05) is 23.1 Å². The van der Waals surface area contributed by atoms with Crippen LogP contribution in [0.1, 0.15) is 24.0 Å². The lowest BCUT2D eigenvalue weighted by atomic mass is 10.1. The van der Waals surface area contributed by atoms with E-state index in [1.54, 1.807) is 18.0 Å². The summed E-state index contributed by atoms with van der Waals surface area (Å²) < 4.78 is 0. The Morgan fingerprint density at radius 3 is 2.83 bits per heavy atom. The molecule has 1 fully saturated rings. The molecule has 0 bridgehead atoms.